The van der Waals surface area contributed by atoms with Crippen LogP contribution in [0.3, 0.4) is 0 Å². The van der Waals surface area contributed by atoms with E-state index in [9.17, 15) is 9.59 Å². The van der Waals surface area contributed by atoms with Crippen molar-refractivity contribution in [2.45, 2.75) is 25.7 Å². The minimum absolute atomic E-state index is 0.181. The van der Waals surface area contributed by atoms with E-state index in [1.807, 2.05) is 73.7 Å². The number of aromatic nitrogens is 3. The molecule has 0 radical (unpaired) electrons. The Kier molecular flexibility index (Phi) is 6.39. The Morgan fingerprint density at radius 1 is 0.914 bits per heavy atom. The predicted molar refractivity (Wildman–Crippen MR) is 136 cm³/mol. The molecule has 1 aromatic heterocycles. The molecule has 1 saturated heterocycles. The minimum atomic E-state index is -0.610. The number of H-pyrrole nitrogens is 1. The number of likely N-dealkylation sites (tertiary alicyclic amines) is 1. The first-order chi connectivity index (χ1) is 17.1. The second kappa shape index (κ2) is 9.93. The first-order valence-electron chi connectivity index (χ1n) is 11.8. The molecule has 35 heavy (non-hydrogen) atoms. The van der Waals surface area contributed by atoms with Gasteiger partial charge >= 0.3 is 11.8 Å². The highest BCUT2D eigenvalue weighted by atomic mass is 16.2. The maximum atomic E-state index is 12.8. The van der Waals surface area contributed by atoms with Gasteiger partial charge in [0.2, 0.25) is 0 Å². The second-order valence-corrected chi connectivity index (χ2v) is 8.83. The summed E-state index contributed by atoms with van der Waals surface area (Å²) < 4.78 is 0. The molecule has 0 atom stereocenters. The molecular formula is C28H27N5O2. The van der Waals surface area contributed by atoms with Crippen LogP contribution >= 0.6 is 0 Å². The summed E-state index contributed by atoms with van der Waals surface area (Å²) in [7, 11) is 0. The highest BCUT2D eigenvalue weighted by Gasteiger charge is 2.29. The van der Waals surface area contributed by atoms with Crippen molar-refractivity contribution in [3.63, 3.8) is 0 Å². The van der Waals surface area contributed by atoms with Crippen molar-refractivity contribution in [1.82, 2.24) is 20.1 Å². The zero-order valence-corrected chi connectivity index (χ0v) is 19.6. The highest BCUT2D eigenvalue weighted by molar-refractivity contribution is 6.39. The lowest BCUT2D eigenvalue weighted by molar-refractivity contribution is -0.143. The van der Waals surface area contributed by atoms with Gasteiger partial charge in [-0.2, -0.15) is 5.10 Å². The van der Waals surface area contributed by atoms with Gasteiger partial charge in [0.15, 0.2) is 5.82 Å². The Morgan fingerprint density at radius 3 is 2.23 bits per heavy atom. The van der Waals surface area contributed by atoms with Crippen LogP contribution in [0.1, 0.15) is 30.1 Å². The van der Waals surface area contributed by atoms with Gasteiger partial charge in [-0.1, -0.05) is 66.7 Å². The third kappa shape index (κ3) is 4.99. The number of amides is 2. The van der Waals surface area contributed by atoms with E-state index in [2.05, 4.69) is 32.6 Å². The molecular weight excluding hydrogens is 438 g/mol. The molecule has 1 aliphatic heterocycles. The summed E-state index contributed by atoms with van der Waals surface area (Å²) in [5.74, 6) is 0.568. The Labute approximate surface area is 204 Å². The monoisotopic (exact) mass is 465 g/mol. The molecule has 3 aromatic carbocycles. The van der Waals surface area contributed by atoms with Crippen LogP contribution in [0.25, 0.3) is 22.5 Å². The number of benzene rings is 3. The Hall–Kier alpha value is -4.26. The average molecular weight is 466 g/mol. The molecule has 1 aliphatic rings. The summed E-state index contributed by atoms with van der Waals surface area (Å²) in [4.78, 5) is 31.7. The average Bonchev–Trinajstić information content (AvgIpc) is 3.40. The maximum Gasteiger partial charge on any atom is 0.313 e. The van der Waals surface area contributed by atoms with Crippen molar-refractivity contribution in [2.24, 2.45) is 0 Å². The van der Waals surface area contributed by atoms with Gasteiger partial charge in [-0.3, -0.25) is 14.7 Å². The molecule has 0 spiro atoms. The standard InChI is InChI=1S/C28H27N5O2/c1-19-18-23(12-13-24(19)20-8-4-2-5-9-20)29-27(34)28(35)33-16-14-22(15-17-33)26-30-25(31-32-26)21-10-6-3-7-11-21/h2-13,18,22H,14-17H2,1H3,(H,29,34)(H,30,31,32). The predicted octanol–water partition coefficient (Wildman–Crippen LogP) is 4.79. The smallest absolute Gasteiger partial charge is 0.313 e. The number of nitrogens with zero attached hydrogens (tertiary/aromatic N) is 3. The van der Waals surface area contributed by atoms with Gasteiger partial charge in [-0.15, -0.1) is 0 Å². The summed E-state index contributed by atoms with van der Waals surface area (Å²) in [5, 5.41) is 10.2. The fourth-order valence-electron chi connectivity index (χ4n) is 4.54. The van der Waals surface area contributed by atoms with Crippen molar-refractivity contribution in [3.8, 4) is 22.5 Å². The van der Waals surface area contributed by atoms with Gasteiger partial charge < -0.3 is 10.2 Å². The molecule has 0 bridgehead atoms. The topological polar surface area (TPSA) is 91.0 Å². The van der Waals surface area contributed by atoms with Crippen LogP contribution in [0.2, 0.25) is 0 Å². The van der Waals surface area contributed by atoms with Gasteiger partial charge in [0.25, 0.3) is 0 Å². The number of anilines is 1. The van der Waals surface area contributed by atoms with Gasteiger partial charge in [0.05, 0.1) is 0 Å². The van der Waals surface area contributed by atoms with Gasteiger partial charge in [0, 0.05) is 30.3 Å². The summed E-state index contributed by atoms with van der Waals surface area (Å²) >= 11 is 0. The third-order valence-corrected chi connectivity index (χ3v) is 6.47. The van der Waals surface area contributed by atoms with Crippen LogP contribution < -0.4 is 5.32 Å². The molecule has 1 fully saturated rings. The number of carbonyl (C=O) groups excluding carboxylic acids is 2. The van der Waals surface area contributed by atoms with Crippen LogP contribution in [0.15, 0.2) is 78.9 Å². The quantitative estimate of drug-likeness (QED) is 0.424. The molecule has 0 unspecified atom stereocenters. The summed E-state index contributed by atoms with van der Waals surface area (Å²) in [6.45, 7) is 3.01. The van der Waals surface area contributed by atoms with E-state index in [0.717, 1.165) is 40.9 Å². The minimum Gasteiger partial charge on any atom is -0.334 e. The normalized spacial score (nSPS) is 14.0. The van der Waals surface area contributed by atoms with Crippen LogP contribution in [0, 0.1) is 6.92 Å². The van der Waals surface area contributed by atoms with E-state index in [4.69, 9.17) is 0 Å². The number of hydrogen-bond donors (Lipinski definition) is 2. The van der Waals surface area contributed by atoms with Gasteiger partial charge in [-0.05, 0) is 48.6 Å². The molecule has 2 N–H and O–H groups in total. The molecule has 0 aliphatic carbocycles. The fraction of sp³-hybridized carbons (Fsp3) is 0.214. The number of aryl methyl sites for hydroxylation is 1. The zero-order valence-electron chi connectivity index (χ0n) is 19.6. The van der Waals surface area contributed by atoms with E-state index in [1.54, 1.807) is 4.90 Å². The molecule has 5 rings (SSSR count). The van der Waals surface area contributed by atoms with Crippen molar-refractivity contribution in [2.75, 3.05) is 18.4 Å². The SMILES string of the molecule is Cc1cc(NC(=O)C(=O)N2CCC(c3nc(-c4ccccc4)n[nH]3)CC2)ccc1-c1ccccc1. The first kappa shape index (κ1) is 22.5. The Bertz CT molecular complexity index is 1330. The largest absolute Gasteiger partial charge is 0.334 e. The van der Waals surface area contributed by atoms with Crippen LogP contribution in [0.5, 0.6) is 0 Å². The summed E-state index contributed by atoms with van der Waals surface area (Å²) in [5.41, 5.74) is 4.82. The molecule has 0 saturated carbocycles. The highest BCUT2D eigenvalue weighted by Crippen LogP contribution is 2.28. The Balaban J connectivity index is 1.17. The second-order valence-electron chi connectivity index (χ2n) is 8.83. The molecule has 2 heterocycles. The van der Waals surface area contributed by atoms with Gasteiger partial charge in [0.1, 0.15) is 5.82 Å². The molecule has 176 valence electrons. The molecule has 4 aromatic rings. The number of aromatic amines is 1. The lowest BCUT2D eigenvalue weighted by Gasteiger charge is -2.30. The number of carbonyl (C=O) groups is 2. The fourth-order valence-corrected chi connectivity index (χ4v) is 4.54. The van der Waals surface area contributed by atoms with Crippen molar-refractivity contribution < 1.29 is 9.59 Å². The van der Waals surface area contributed by atoms with E-state index in [0.29, 0.717) is 24.6 Å². The van der Waals surface area contributed by atoms with Crippen molar-refractivity contribution in [3.05, 3.63) is 90.3 Å². The van der Waals surface area contributed by atoms with Gasteiger partial charge in [-0.25, -0.2) is 4.98 Å². The number of piperidine rings is 1. The van der Waals surface area contributed by atoms with Crippen molar-refractivity contribution >= 4 is 17.5 Å². The zero-order chi connectivity index (χ0) is 24.2. The lowest BCUT2D eigenvalue weighted by Crippen LogP contribution is -2.44. The number of nitrogens with one attached hydrogen (secondary N) is 2. The Morgan fingerprint density at radius 2 is 1.57 bits per heavy atom. The first-order valence-corrected chi connectivity index (χ1v) is 11.8. The molecule has 7 heteroatoms. The third-order valence-electron chi connectivity index (χ3n) is 6.47. The van der Waals surface area contributed by atoms with Crippen LogP contribution in [-0.2, 0) is 9.59 Å². The van der Waals surface area contributed by atoms with E-state index in [1.165, 1.54) is 0 Å². The lowest BCUT2D eigenvalue weighted by atomic mass is 9.96. The maximum absolute atomic E-state index is 12.8. The number of rotatable bonds is 4. The summed E-state index contributed by atoms with van der Waals surface area (Å²) in [6, 6.07) is 25.6. The van der Waals surface area contributed by atoms with E-state index >= 15 is 0 Å². The van der Waals surface area contributed by atoms with E-state index < -0.39 is 11.8 Å². The van der Waals surface area contributed by atoms with E-state index in [-0.39, 0.29) is 5.92 Å². The van der Waals surface area contributed by atoms with Crippen molar-refractivity contribution in [1.29, 1.82) is 0 Å². The number of hydrogen-bond acceptors (Lipinski definition) is 4. The summed E-state index contributed by atoms with van der Waals surface area (Å²) in [6.07, 6.45) is 1.46. The molecule has 2 amide bonds. The van der Waals surface area contributed by atoms with Crippen LogP contribution in [0.4, 0.5) is 5.69 Å². The molecule has 7 nitrogen and oxygen atoms in total. The van der Waals surface area contributed by atoms with Crippen LogP contribution in [-0.4, -0.2) is 45.0 Å².